The molecule has 1 fully saturated rings. The first-order valence-corrected chi connectivity index (χ1v) is 11.9. The van der Waals surface area contributed by atoms with Crippen molar-refractivity contribution in [2.24, 2.45) is 4.99 Å². The summed E-state index contributed by atoms with van der Waals surface area (Å²) in [5, 5.41) is 9.37. The van der Waals surface area contributed by atoms with Crippen LogP contribution in [0.3, 0.4) is 0 Å². The average Bonchev–Trinajstić information content (AvgIpc) is 3.25. The monoisotopic (exact) mass is 458 g/mol. The van der Waals surface area contributed by atoms with E-state index in [0.29, 0.717) is 21.4 Å². The lowest BCUT2D eigenvalue weighted by Crippen LogP contribution is -2.32. The topological polar surface area (TPSA) is 96.3 Å². The van der Waals surface area contributed by atoms with Crippen LogP contribution in [-0.4, -0.2) is 40.0 Å². The maximum Gasteiger partial charge on any atom is 0.341 e. The number of esters is 1. The molecule has 2 aliphatic rings. The van der Waals surface area contributed by atoms with Gasteiger partial charge in [-0.2, -0.15) is 0 Å². The number of benzene rings is 1. The summed E-state index contributed by atoms with van der Waals surface area (Å²) in [6.07, 6.45) is 3.48. The van der Waals surface area contributed by atoms with Crippen LogP contribution in [0.25, 0.3) is 0 Å². The molecule has 0 bridgehead atoms. The van der Waals surface area contributed by atoms with Crippen molar-refractivity contribution in [3.63, 3.8) is 0 Å². The van der Waals surface area contributed by atoms with Gasteiger partial charge in [-0.25, -0.2) is 9.79 Å². The first kappa shape index (κ1) is 21.6. The highest BCUT2D eigenvalue weighted by Gasteiger charge is 2.40. The molecule has 31 heavy (non-hydrogen) atoms. The first-order chi connectivity index (χ1) is 15.0. The Kier molecular flexibility index (Phi) is 6.43. The van der Waals surface area contributed by atoms with E-state index in [2.05, 4.69) is 0 Å². The van der Waals surface area contributed by atoms with E-state index >= 15 is 0 Å². The van der Waals surface area contributed by atoms with Gasteiger partial charge in [0.25, 0.3) is 0 Å². The number of anilines is 1. The Hall–Kier alpha value is -2.65. The molecule has 1 saturated heterocycles. The second-order valence-corrected chi connectivity index (χ2v) is 9.47. The fourth-order valence-corrected chi connectivity index (χ4v) is 6.22. The third kappa shape index (κ3) is 4.38. The Morgan fingerprint density at radius 2 is 1.97 bits per heavy atom. The number of hydrogen-bond acceptors (Lipinski definition) is 7. The minimum Gasteiger partial charge on any atom is -0.481 e. The maximum absolute atomic E-state index is 13.0. The molecule has 7 nitrogen and oxygen atoms in total. The summed E-state index contributed by atoms with van der Waals surface area (Å²) in [6, 6.07) is 9.02. The molecule has 1 aliphatic heterocycles. The van der Waals surface area contributed by atoms with Crippen molar-refractivity contribution in [3.8, 4) is 0 Å². The van der Waals surface area contributed by atoms with Crippen LogP contribution in [-0.2, 0) is 27.2 Å². The summed E-state index contributed by atoms with van der Waals surface area (Å²) in [4.78, 5) is 44.4. The number of aryl methyl sites for hydroxylation is 1. The largest absolute Gasteiger partial charge is 0.481 e. The number of carbonyl (C=O) groups excluding carboxylic acids is 2. The molecule has 1 aromatic heterocycles. The Balaban J connectivity index is 1.80. The lowest BCUT2D eigenvalue weighted by atomic mass is 9.95. The van der Waals surface area contributed by atoms with E-state index in [4.69, 9.17) is 9.73 Å². The highest BCUT2D eigenvalue weighted by atomic mass is 32.2. The van der Waals surface area contributed by atoms with Gasteiger partial charge in [0.1, 0.15) is 10.3 Å². The molecule has 2 aromatic rings. The second kappa shape index (κ2) is 9.23. The normalized spacial score (nSPS) is 19.5. The van der Waals surface area contributed by atoms with Crippen molar-refractivity contribution in [2.75, 3.05) is 11.5 Å². The van der Waals surface area contributed by atoms with Crippen molar-refractivity contribution >= 4 is 56.8 Å². The summed E-state index contributed by atoms with van der Waals surface area (Å²) in [7, 11) is 0. The van der Waals surface area contributed by atoms with Gasteiger partial charge in [0.05, 0.1) is 24.3 Å². The highest BCUT2D eigenvalue weighted by Crippen LogP contribution is 2.43. The van der Waals surface area contributed by atoms with E-state index in [1.807, 2.05) is 18.2 Å². The van der Waals surface area contributed by atoms with Crippen LogP contribution in [0.4, 0.5) is 10.7 Å². The van der Waals surface area contributed by atoms with E-state index in [1.54, 1.807) is 19.1 Å². The predicted octanol–water partition coefficient (Wildman–Crippen LogP) is 4.41. The number of thiophene rings is 1. The number of rotatable bonds is 6. The third-order valence-electron chi connectivity index (χ3n) is 5.14. The van der Waals surface area contributed by atoms with Crippen LogP contribution < -0.4 is 4.90 Å². The molecule has 1 atom stereocenters. The van der Waals surface area contributed by atoms with Crippen molar-refractivity contribution < 1.29 is 24.2 Å². The molecule has 9 heteroatoms. The summed E-state index contributed by atoms with van der Waals surface area (Å²) >= 11 is 2.59. The highest BCUT2D eigenvalue weighted by molar-refractivity contribution is 8.16. The molecular weight excluding hydrogens is 436 g/mol. The Bertz CT molecular complexity index is 1050. The molecule has 0 spiro atoms. The van der Waals surface area contributed by atoms with Gasteiger partial charge >= 0.3 is 11.9 Å². The zero-order valence-corrected chi connectivity index (χ0v) is 18.6. The second-order valence-electron chi connectivity index (χ2n) is 7.22. The molecule has 0 saturated carbocycles. The summed E-state index contributed by atoms with van der Waals surface area (Å²) in [5.41, 5.74) is 2.10. The number of amidine groups is 1. The number of fused-ring (bicyclic) bond motifs is 1. The van der Waals surface area contributed by atoms with Crippen molar-refractivity contribution in [1.82, 2.24) is 0 Å². The molecule has 162 valence electrons. The standard InChI is InChI=1S/C22H22N2O5S2/c1-2-29-21(28)18-14-10-6-7-11-15(14)30-19(18)23-22-24(13-8-4-3-5-9-13)20(27)16(31-22)12-17(25)26/h3-5,8-9,16H,2,6-7,10-12H2,1H3,(H,25,26)/b23-22-. The summed E-state index contributed by atoms with van der Waals surface area (Å²) in [5.74, 6) is -1.76. The van der Waals surface area contributed by atoms with E-state index in [-0.39, 0.29) is 18.9 Å². The first-order valence-electron chi connectivity index (χ1n) is 10.2. The zero-order valence-electron chi connectivity index (χ0n) is 17.0. The SMILES string of the molecule is CCOC(=O)c1c(/N=C2\SC(CC(=O)O)C(=O)N2c2ccccc2)sc2c1CCCC2. The van der Waals surface area contributed by atoms with Gasteiger partial charge in [-0.15, -0.1) is 11.3 Å². The Morgan fingerprint density at radius 1 is 1.23 bits per heavy atom. The minimum absolute atomic E-state index is 0.267. The van der Waals surface area contributed by atoms with E-state index in [1.165, 1.54) is 16.2 Å². The number of thioether (sulfide) groups is 1. The van der Waals surface area contributed by atoms with Crippen LogP contribution in [0.1, 0.15) is 47.0 Å². The quantitative estimate of drug-likeness (QED) is 0.644. The van der Waals surface area contributed by atoms with Gasteiger partial charge in [0, 0.05) is 4.88 Å². The summed E-state index contributed by atoms with van der Waals surface area (Å²) < 4.78 is 5.30. The maximum atomic E-state index is 13.0. The Labute approximate surface area is 188 Å². The smallest absolute Gasteiger partial charge is 0.341 e. The molecule has 2 heterocycles. The van der Waals surface area contributed by atoms with Gasteiger partial charge in [0.2, 0.25) is 5.91 Å². The number of nitrogens with zero attached hydrogens (tertiary/aromatic N) is 2. The predicted molar refractivity (Wildman–Crippen MR) is 122 cm³/mol. The van der Waals surface area contributed by atoms with Gasteiger partial charge in [-0.05, 0) is 50.3 Å². The Morgan fingerprint density at radius 3 is 2.68 bits per heavy atom. The number of carbonyl (C=O) groups is 3. The molecule has 1 aromatic carbocycles. The average molecular weight is 459 g/mol. The molecular formula is C22H22N2O5S2. The van der Waals surface area contributed by atoms with Gasteiger partial charge < -0.3 is 9.84 Å². The van der Waals surface area contributed by atoms with Crippen molar-refractivity contribution in [1.29, 1.82) is 0 Å². The van der Waals surface area contributed by atoms with Crippen molar-refractivity contribution in [3.05, 3.63) is 46.3 Å². The van der Waals surface area contributed by atoms with Crippen LogP contribution in [0.15, 0.2) is 35.3 Å². The number of ether oxygens (including phenoxy) is 1. The fourth-order valence-electron chi connectivity index (χ4n) is 3.78. The molecule has 0 radical (unpaired) electrons. The number of carboxylic acids is 1. The zero-order chi connectivity index (χ0) is 22.0. The van der Waals surface area contributed by atoms with Gasteiger partial charge in [0.15, 0.2) is 5.17 Å². The summed E-state index contributed by atoms with van der Waals surface area (Å²) in [6.45, 7) is 2.03. The van der Waals surface area contributed by atoms with Crippen LogP contribution in [0.5, 0.6) is 0 Å². The molecule has 1 unspecified atom stereocenters. The molecule has 1 amide bonds. The number of para-hydroxylation sites is 1. The number of amides is 1. The molecule has 4 rings (SSSR count). The number of aliphatic imine (C=N–C) groups is 1. The third-order valence-corrected chi connectivity index (χ3v) is 7.46. The van der Waals surface area contributed by atoms with Crippen LogP contribution in [0, 0.1) is 0 Å². The lowest BCUT2D eigenvalue weighted by molar-refractivity contribution is -0.138. The van der Waals surface area contributed by atoms with E-state index in [0.717, 1.165) is 47.9 Å². The molecule has 1 aliphatic carbocycles. The molecule has 1 N–H and O–H groups in total. The van der Waals surface area contributed by atoms with E-state index in [9.17, 15) is 19.5 Å². The van der Waals surface area contributed by atoms with Gasteiger partial charge in [-0.1, -0.05) is 30.0 Å². The number of carboxylic acid groups (broad SMARTS) is 1. The van der Waals surface area contributed by atoms with Crippen LogP contribution in [0.2, 0.25) is 0 Å². The van der Waals surface area contributed by atoms with Crippen molar-refractivity contribution in [2.45, 2.75) is 44.3 Å². The minimum atomic E-state index is -1.04. The van der Waals surface area contributed by atoms with Gasteiger partial charge in [-0.3, -0.25) is 14.5 Å². The van der Waals surface area contributed by atoms with E-state index < -0.39 is 17.2 Å². The van der Waals surface area contributed by atoms with Crippen LogP contribution >= 0.6 is 23.1 Å². The number of aliphatic carboxylic acids is 1. The number of hydrogen-bond donors (Lipinski definition) is 1. The fraction of sp³-hybridized carbons (Fsp3) is 0.364. The lowest BCUT2D eigenvalue weighted by Gasteiger charge is -2.16.